The largest absolute Gasteiger partial charge is 0.506 e. The van der Waals surface area contributed by atoms with E-state index in [1.807, 2.05) is 18.2 Å². The van der Waals surface area contributed by atoms with Gasteiger partial charge in [-0.25, -0.2) is 9.78 Å². The van der Waals surface area contributed by atoms with Crippen LogP contribution in [0.15, 0.2) is 48.7 Å². The topological polar surface area (TPSA) is 84.1 Å². The van der Waals surface area contributed by atoms with Gasteiger partial charge in [-0.2, -0.15) is 0 Å². The summed E-state index contributed by atoms with van der Waals surface area (Å²) >= 11 is 0. The van der Waals surface area contributed by atoms with Crippen LogP contribution in [0.4, 0.5) is 0 Å². The van der Waals surface area contributed by atoms with Gasteiger partial charge in [0.15, 0.2) is 11.5 Å². The molecule has 6 heteroatoms. The van der Waals surface area contributed by atoms with Crippen molar-refractivity contribution in [3.8, 4) is 11.5 Å². The summed E-state index contributed by atoms with van der Waals surface area (Å²) in [5.74, 6) is -0.262. The average molecular weight is 284 g/mol. The lowest BCUT2D eigenvalue weighted by atomic mass is 10.3. The van der Waals surface area contributed by atoms with E-state index in [-0.39, 0.29) is 23.6 Å². The first-order valence-corrected chi connectivity index (χ1v) is 6.27. The molecule has 106 valence electrons. The first-order valence-electron chi connectivity index (χ1n) is 6.27. The van der Waals surface area contributed by atoms with Crippen LogP contribution in [-0.2, 0) is 6.61 Å². The molecule has 0 aliphatic carbocycles. The summed E-state index contributed by atoms with van der Waals surface area (Å²) in [7, 11) is 0. The van der Waals surface area contributed by atoms with Crippen LogP contribution >= 0.6 is 0 Å². The SMILES string of the molecule is O=C(O)c1nc(COc2ccccc2)n2cccc(O)c12. The molecule has 2 N–H and O–H groups in total. The summed E-state index contributed by atoms with van der Waals surface area (Å²) in [4.78, 5) is 15.3. The minimum absolute atomic E-state index is 0.0991. The van der Waals surface area contributed by atoms with E-state index in [2.05, 4.69) is 4.98 Å². The molecule has 0 unspecified atom stereocenters. The molecular formula is C15H12N2O4. The Hall–Kier alpha value is -3.02. The third-order valence-corrected chi connectivity index (χ3v) is 3.03. The fourth-order valence-electron chi connectivity index (χ4n) is 2.10. The van der Waals surface area contributed by atoms with Crippen molar-refractivity contribution >= 4 is 11.5 Å². The summed E-state index contributed by atoms with van der Waals surface area (Å²) in [6.45, 7) is 0.0991. The molecule has 2 aromatic heterocycles. The van der Waals surface area contributed by atoms with E-state index in [0.29, 0.717) is 11.6 Å². The number of carbonyl (C=O) groups is 1. The lowest BCUT2D eigenvalue weighted by Crippen LogP contribution is -2.01. The lowest BCUT2D eigenvalue weighted by Gasteiger charge is -2.05. The van der Waals surface area contributed by atoms with Gasteiger partial charge in [0, 0.05) is 6.20 Å². The molecule has 3 rings (SSSR count). The number of imidazole rings is 1. The van der Waals surface area contributed by atoms with Crippen LogP contribution in [0.5, 0.6) is 11.5 Å². The molecule has 6 nitrogen and oxygen atoms in total. The fraction of sp³-hybridized carbons (Fsp3) is 0.0667. The Morgan fingerprint density at radius 1 is 1.19 bits per heavy atom. The Bertz CT molecular complexity index is 796. The highest BCUT2D eigenvalue weighted by atomic mass is 16.5. The Labute approximate surface area is 119 Å². The van der Waals surface area contributed by atoms with Gasteiger partial charge in [-0.3, -0.25) is 4.40 Å². The number of carboxylic acids is 1. The number of rotatable bonds is 4. The Kier molecular flexibility index (Phi) is 3.19. The van der Waals surface area contributed by atoms with Crippen molar-refractivity contribution in [3.63, 3.8) is 0 Å². The minimum Gasteiger partial charge on any atom is -0.506 e. The van der Waals surface area contributed by atoms with Crippen LogP contribution in [0.3, 0.4) is 0 Å². The number of fused-ring (bicyclic) bond motifs is 1. The zero-order valence-corrected chi connectivity index (χ0v) is 10.9. The number of para-hydroxylation sites is 1. The van der Waals surface area contributed by atoms with E-state index in [4.69, 9.17) is 4.74 Å². The van der Waals surface area contributed by atoms with Crippen LogP contribution in [-0.4, -0.2) is 25.6 Å². The van der Waals surface area contributed by atoms with Gasteiger partial charge in [0.05, 0.1) is 0 Å². The molecule has 3 aromatic rings. The summed E-state index contributed by atoms with van der Waals surface area (Å²) < 4.78 is 7.09. The molecular weight excluding hydrogens is 272 g/mol. The van der Waals surface area contributed by atoms with E-state index in [1.54, 1.807) is 24.4 Å². The molecule has 0 spiro atoms. The number of aromatic carboxylic acids is 1. The third-order valence-electron chi connectivity index (χ3n) is 3.03. The predicted molar refractivity (Wildman–Crippen MR) is 74.6 cm³/mol. The molecule has 0 fully saturated rings. The molecule has 0 amide bonds. The van der Waals surface area contributed by atoms with Gasteiger partial charge < -0.3 is 14.9 Å². The number of pyridine rings is 1. The normalized spacial score (nSPS) is 10.7. The highest BCUT2D eigenvalue weighted by Crippen LogP contribution is 2.24. The summed E-state index contributed by atoms with van der Waals surface area (Å²) in [5, 5.41) is 19.0. The average Bonchev–Trinajstić information content (AvgIpc) is 2.87. The molecule has 0 saturated heterocycles. The van der Waals surface area contributed by atoms with E-state index >= 15 is 0 Å². The predicted octanol–water partition coefficient (Wildman–Crippen LogP) is 2.32. The first kappa shape index (κ1) is 13.0. The highest BCUT2D eigenvalue weighted by molar-refractivity contribution is 5.95. The maximum atomic E-state index is 11.2. The van der Waals surface area contributed by atoms with Gasteiger partial charge in [-0.15, -0.1) is 0 Å². The second kappa shape index (κ2) is 5.16. The van der Waals surface area contributed by atoms with Crippen LogP contribution in [0, 0.1) is 0 Å². The molecule has 0 aliphatic heterocycles. The second-order valence-corrected chi connectivity index (χ2v) is 4.40. The summed E-state index contributed by atoms with van der Waals surface area (Å²) in [6.07, 6.45) is 1.64. The van der Waals surface area contributed by atoms with E-state index < -0.39 is 5.97 Å². The number of ether oxygens (including phenoxy) is 1. The molecule has 0 atom stereocenters. The van der Waals surface area contributed by atoms with Crippen molar-refractivity contribution in [1.29, 1.82) is 0 Å². The molecule has 21 heavy (non-hydrogen) atoms. The number of benzene rings is 1. The molecule has 1 aromatic carbocycles. The van der Waals surface area contributed by atoms with E-state index in [0.717, 1.165) is 0 Å². The van der Waals surface area contributed by atoms with Crippen molar-refractivity contribution in [1.82, 2.24) is 9.38 Å². The minimum atomic E-state index is -1.19. The number of aromatic hydroxyl groups is 1. The van der Waals surface area contributed by atoms with Gasteiger partial charge in [0.1, 0.15) is 23.6 Å². The number of aromatic nitrogens is 2. The highest BCUT2D eigenvalue weighted by Gasteiger charge is 2.19. The maximum absolute atomic E-state index is 11.2. The molecule has 0 bridgehead atoms. The molecule has 0 saturated carbocycles. The van der Waals surface area contributed by atoms with Gasteiger partial charge >= 0.3 is 5.97 Å². The van der Waals surface area contributed by atoms with Gasteiger partial charge in [0.2, 0.25) is 0 Å². The van der Waals surface area contributed by atoms with Gasteiger partial charge in [-0.05, 0) is 24.3 Å². The van der Waals surface area contributed by atoms with Crippen molar-refractivity contribution in [2.75, 3.05) is 0 Å². The van der Waals surface area contributed by atoms with E-state index in [1.165, 1.54) is 10.5 Å². The van der Waals surface area contributed by atoms with E-state index in [9.17, 15) is 15.0 Å². The molecule has 0 radical (unpaired) electrons. The number of hydrogen-bond acceptors (Lipinski definition) is 4. The van der Waals surface area contributed by atoms with Crippen LogP contribution < -0.4 is 4.74 Å². The molecule has 0 aliphatic rings. The summed E-state index contributed by atoms with van der Waals surface area (Å²) in [6, 6.07) is 12.2. The van der Waals surface area contributed by atoms with Gasteiger partial charge in [0.25, 0.3) is 0 Å². The van der Waals surface area contributed by atoms with Crippen LogP contribution in [0.2, 0.25) is 0 Å². The van der Waals surface area contributed by atoms with Crippen molar-refractivity contribution < 1.29 is 19.7 Å². The fourth-order valence-corrected chi connectivity index (χ4v) is 2.10. The van der Waals surface area contributed by atoms with Crippen molar-refractivity contribution in [2.45, 2.75) is 6.61 Å². The second-order valence-electron chi connectivity index (χ2n) is 4.40. The van der Waals surface area contributed by atoms with Crippen molar-refractivity contribution in [2.24, 2.45) is 0 Å². The zero-order chi connectivity index (χ0) is 14.8. The smallest absolute Gasteiger partial charge is 0.356 e. The number of nitrogens with zero attached hydrogens (tertiary/aromatic N) is 2. The zero-order valence-electron chi connectivity index (χ0n) is 10.9. The standard InChI is InChI=1S/C15H12N2O4/c18-11-7-4-8-17-12(16-13(14(11)17)15(19)20)9-21-10-5-2-1-3-6-10/h1-8,18H,9H2,(H,19,20). The number of hydrogen-bond donors (Lipinski definition) is 2. The quantitative estimate of drug-likeness (QED) is 0.768. The molecule has 2 heterocycles. The lowest BCUT2D eigenvalue weighted by molar-refractivity contribution is 0.0692. The van der Waals surface area contributed by atoms with Crippen LogP contribution in [0.25, 0.3) is 5.52 Å². The Balaban J connectivity index is 1.99. The third kappa shape index (κ3) is 2.38. The maximum Gasteiger partial charge on any atom is 0.356 e. The Morgan fingerprint density at radius 3 is 2.67 bits per heavy atom. The summed E-state index contributed by atoms with van der Waals surface area (Å²) in [5.41, 5.74) is -0.0311. The number of carboxylic acid groups (broad SMARTS) is 1. The van der Waals surface area contributed by atoms with Gasteiger partial charge in [-0.1, -0.05) is 18.2 Å². The van der Waals surface area contributed by atoms with Crippen LogP contribution in [0.1, 0.15) is 16.3 Å². The van der Waals surface area contributed by atoms with Crippen molar-refractivity contribution in [3.05, 3.63) is 60.2 Å². The first-order chi connectivity index (χ1) is 10.2. The monoisotopic (exact) mass is 284 g/mol. The Morgan fingerprint density at radius 2 is 1.95 bits per heavy atom.